The number of rotatable bonds is 10. The smallest absolute Gasteiger partial charge is 0.382 e. The highest BCUT2D eigenvalue weighted by Gasteiger charge is 2.37. The van der Waals surface area contributed by atoms with Crippen molar-refractivity contribution in [3.63, 3.8) is 0 Å². The molecular weight excluding hydrogens is 491 g/mol. The van der Waals surface area contributed by atoms with E-state index < -0.39 is 29.0 Å². The first kappa shape index (κ1) is 26.4. The molecule has 0 spiro atoms. The molecular formula is C20H24F3N7O4S. The lowest BCUT2D eigenvalue weighted by molar-refractivity contribution is -0.138. The van der Waals surface area contributed by atoms with Gasteiger partial charge in [-0.2, -0.15) is 23.5 Å². The second kappa shape index (κ2) is 12.0. The molecule has 0 aromatic carbocycles. The van der Waals surface area contributed by atoms with Crippen LogP contribution in [0, 0.1) is 11.3 Å². The lowest BCUT2D eigenvalue weighted by atomic mass is 10.2. The Kier molecular flexibility index (Phi) is 9.01. The number of alkyl halides is 3. The van der Waals surface area contributed by atoms with Crippen molar-refractivity contribution in [2.24, 2.45) is 0 Å². The van der Waals surface area contributed by atoms with Gasteiger partial charge in [0.25, 0.3) is 5.56 Å². The third-order valence-corrected chi connectivity index (χ3v) is 6.12. The Morgan fingerprint density at radius 3 is 2.69 bits per heavy atom. The van der Waals surface area contributed by atoms with Crippen LogP contribution in [0.1, 0.15) is 16.9 Å². The quantitative estimate of drug-likeness (QED) is 0.449. The van der Waals surface area contributed by atoms with E-state index in [1.807, 2.05) is 4.90 Å². The van der Waals surface area contributed by atoms with Gasteiger partial charge in [-0.1, -0.05) is 11.3 Å². The third-order valence-electron chi connectivity index (χ3n) is 5.15. The molecule has 0 bridgehead atoms. The number of piperazine rings is 1. The number of nitrogens with one attached hydrogen (secondary N) is 2. The summed E-state index contributed by atoms with van der Waals surface area (Å²) >= 11 is 1.30. The zero-order valence-corrected chi connectivity index (χ0v) is 19.6. The van der Waals surface area contributed by atoms with Gasteiger partial charge in [0.1, 0.15) is 16.5 Å². The van der Waals surface area contributed by atoms with E-state index in [1.165, 1.54) is 24.6 Å². The highest BCUT2D eigenvalue weighted by atomic mass is 32.1. The Hall–Kier alpha value is -3.22. The van der Waals surface area contributed by atoms with Crippen LogP contribution in [0.15, 0.2) is 17.2 Å². The summed E-state index contributed by atoms with van der Waals surface area (Å²) in [7, 11) is 1.38. The normalized spacial score (nSPS) is 15.1. The average Bonchev–Trinajstić information content (AvgIpc) is 3.30. The molecule has 1 fully saturated rings. The highest BCUT2D eigenvalue weighted by Crippen LogP contribution is 2.31. The fourth-order valence-corrected chi connectivity index (χ4v) is 4.26. The Morgan fingerprint density at radius 1 is 1.31 bits per heavy atom. The second-order valence-electron chi connectivity index (χ2n) is 7.59. The van der Waals surface area contributed by atoms with E-state index in [2.05, 4.69) is 21.5 Å². The number of carbonyl (C=O) groups is 1. The van der Waals surface area contributed by atoms with Gasteiger partial charge in [0.15, 0.2) is 5.13 Å². The van der Waals surface area contributed by atoms with Crippen molar-refractivity contribution in [1.29, 1.82) is 5.26 Å². The minimum Gasteiger partial charge on any atom is -0.382 e. The zero-order valence-electron chi connectivity index (χ0n) is 18.8. The molecule has 1 saturated heterocycles. The van der Waals surface area contributed by atoms with Crippen LogP contribution < -0.4 is 15.8 Å². The Bertz CT molecular complexity index is 1090. The first-order valence-electron chi connectivity index (χ1n) is 10.6. The van der Waals surface area contributed by atoms with Crippen LogP contribution in [-0.4, -0.2) is 85.1 Å². The minimum absolute atomic E-state index is 0.00424. The maximum Gasteiger partial charge on any atom is 0.423 e. The maximum atomic E-state index is 13.2. The van der Waals surface area contributed by atoms with Crippen LogP contribution in [0.2, 0.25) is 0 Å². The predicted octanol–water partition coefficient (Wildman–Crippen LogP) is 1.30. The molecule has 35 heavy (non-hydrogen) atoms. The average molecular weight is 516 g/mol. The monoisotopic (exact) mass is 515 g/mol. The van der Waals surface area contributed by atoms with E-state index in [-0.39, 0.29) is 32.1 Å². The van der Waals surface area contributed by atoms with Gasteiger partial charge in [0.2, 0.25) is 5.91 Å². The van der Waals surface area contributed by atoms with Crippen LogP contribution in [0.25, 0.3) is 0 Å². The summed E-state index contributed by atoms with van der Waals surface area (Å²) in [6.45, 7) is 2.22. The molecule has 1 amide bonds. The van der Waals surface area contributed by atoms with Crippen molar-refractivity contribution in [3.05, 3.63) is 33.2 Å². The van der Waals surface area contributed by atoms with Gasteiger partial charge in [-0.05, 0) is 0 Å². The van der Waals surface area contributed by atoms with E-state index >= 15 is 0 Å². The maximum absolute atomic E-state index is 13.2. The number of halogens is 3. The molecule has 0 radical (unpaired) electrons. The first-order chi connectivity index (χ1) is 16.7. The standard InChI is InChI=1S/C20H24F3N7O4S/c1-33-11-13(27-15-10-26-28-18(32)17(15)20(21,22)23)12-34-7-2-16(31)29-3-5-30(6-4-29)19-25-9-14(8-24)35-19/h9-10,13H,2-7,11-12H2,1H3,(H2,27,28,32)/t13-/m0/s1. The highest BCUT2D eigenvalue weighted by molar-refractivity contribution is 7.16. The number of hydrogen-bond acceptors (Lipinski definition) is 10. The molecule has 15 heteroatoms. The number of H-pyrrole nitrogens is 1. The summed E-state index contributed by atoms with van der Waals surface area (Å²) in [6.07, 6.45) is -2.36. The van der Waals surface area contributed by atoms with Gasteiger partial charge in [-0.15, -0.1) is 0 Å². The summed E-state index contributed by atoms with van der Waals surface area (Å²) in [4.78, 5) is 32.6. The van der Waals surface area contributed by atoms with E-state index in [4.69, 9.17) is 14.7 Å². The number of nitrogens with zero attached hydrogens (tertiary/aromatic N) is 5. The number of aromatic amines is 1. The molecule has 1 aliphatic rings. The summed E-state index contributed by atoms with van der Waals surface area (Å²) in [5.41, 5.74) is -3.22. The summed E-state index contributed by atoms with van der Waals surface area (Å²) < 4.78 is 50.3. The number of carbonyl (C=O) groups excluding carboxylic acids is 1. The lowest BCUT2D eigenvalue weighted by Crippen LogP contribution is -2.49. The largest absolute Gasteiger partial charge is 0.423 e. The van der Waals surface area contributed by atoms with Crippen molar-refractivity contribution in [3.8, 4) is 6.07 Å². The molecule has 2 aromatic rings. The molecule has 11 nitrogen and oxygen atoms in total. The van der Waals surface area contributed by atoms with Gasteiger partial charge >= 0.3 is 6.18 Å². The van der Waals surface area contributed by atoms with E-state index in [9.17, 15) is 22.8 Å². The lowest BCUT2D eigenvalue weighted by Gasteiger charge is -2.34. The van der Waals surface area contributed by atoms with Gasteiger partial charge in [-0.25, -0.2) is 10.1 Å². The van der Waals surface area contributed by atoms with E-state index in [0.29, 0.717) is 31.1 Å². The van der Waals surface area contributed by atoms with Crippen LogP contribution in [0.4, 0.5) is 24.0 Å². The van der Waals surface area contributed by atoms with Crippen molar-refractivity contribution in [2.45, 2.75) is 18.6 Å². The van der Waals surface area contributed by atoms with Gasteiger partial charge < -0.3 is 24.6 Å². The Labute approximate surface area is 202 Å². The molecule has 1 atom stereocenters. The SMILES string of the molecule is COC[C@@H](COCCC(=O)N1CCN(c2ncc(C#N)s2)CC1)Nc1cn[nH]c(=O)c1C(F)(F)F. The molecule has 2 aromatic heterocycles. The number of aromatic nitrogens is 3. The summed E-state index contributed by atoms with van der Waals surface area (Å²) in [5, 5.41) is 17.5. The Balaban J connectivity index is 1.45. The minimum atomic E-state index is -4.87. The number of amides is 1. The third kappa shape index (κ3) is 7.13. The number of anilines is 2. The van der Waals surface area contributed by atoms with Crippen molar-refractivity contribution >= 4 is 28.1 Å². The fourth-order valence-electron chi connectivity index (χ4n) is 3.49. The number of nitriles is 1. The number of ether oxygens (including phenoxy) is 2. The number of thiazole rings is 1. The topological polar surface area (TPSA) is 136 Å². The van der Waals surface area contributed by atoms with E-state index in [1.54, 1.807) is 10.00 Å². The molecule has 3 rings (SSSR count). The summed E-state index contributed by atoms with van der Waals surface area (Å²) in [6, 6.07) is 1.34. The van der Waals surface area contributed by atoms with Crippen LogP contribution in [0.3, 0.4) is 0 Å². The van der Waals surface area contributed by atoms with Crippen molar-refractivity contribution in [1.82, 2.24) is 20.1 Å². The Morgan fingerprint density at radius 2 is 2.06 bits per heavy atom. The molecule has 0 unspecified atom stereocenters. The zero-order chi connectivity index (χ0) is 25.4. The predicted molar refractivity (Wildman–Crippen MR) is 120 cm³/mol. The molecule has 0 aliphatic carbocycles. The molecule has 2 N–H and O–H groups in total. The second-order valence-corrected chi connectivity index (χ2v) is 8.60. The first-order valence-corrected chi connectivity index (χ1v) is 11.4. The van der Waals surface area contributed by atoms with E-state index in [0.717, 1.165) is 11.3 Å². The van der Waals surface area contributed by atoms with Gasteiger partial charge in [0.05, 0.1) is 50.4 Å². The fraction of sp³-hybridized carbons (Fsp3) is 0.550. The van der Waals surface area contributed by atoms with Crippen LogP contribution >= 0.6 is 11.3 Å². The molecule has 1 aliphatic heterocycles. The van der Waals surface area contributed by atoms with Crippen molar-refractivity contribution in [2.75, 3.05) is 63.3 Å². The molecule has 190 valence electrons. The van der Waals surface area contributed by atoms with Crippen molar-refractivity contribution < 1.29 is 27.4 Å². The number of methoxy groups -OCH3 is 1. The number of hydrogen-bond donors (Lipinski definition) is 2. The molecule has 3 heterocycles. The summed E-state index contributed by atoms with van der Waals surface area (Å²) in [5.74, 6) is -0.101. The van der Waals surface area contributed by atoms with Gasteiger partial charge in [-0.3, -0.25) is 9.59 Å². The molecule has 0 saturated carbocycles. The van der Waals surface area contributed by atoms with Crippen LogP contribution in [-0.2, 0) is 20.4 Å². The van der Waals surface area contributed by atoms with Crippen LogP contribution in [0.5, 0.6) is 0 Å². The van der Waals surface area contributed by atoms with Gasteiger partial charge in [0, 0.05) is 33.3 Å².